The second-order valence-electron chi connectivity index (χ2n) is 7.03. The van der Waals surface area contributed by atoms with Crippen LogP contribution >= 0.6 is 0 Å². The summed E-state index contributed by atoms with van der Waals surface area (Å²) in [4.78, 5) is 19.2. The van der Waals surface area contributed by atoms with E-state index in [1.54, 1.807) is 6.20 Å². The molecule has 6 heteroatoms. The number of amides is 2. The summed E-state index contributed by atoms with van der Waals surface area (Å²) in [6.45, 7) is 2.50. The first-order chi connectivity index (χ1) is 13.2. The number of rotatable bonds is 5. The van der Waals surface area contributed by atoms with Crippen LogP contribution in [0.1, 0.15) is 32.6 Å². The van der Waals surface area contributed by atoms with E-state index in [0.29, 0.717) is 18.2 Å². The average Bonchev–Trinajstić information content (AvgIpc) is 2.95. The molecule has 1 aromatic carbocycles. The van der Waals surface area contributed by atoms with Crippen LogP contribution in [0.3, 0.4) is 0 Å². The first-order valence-electron chi connectivity index (χ1n) is 9.63. The molecule has 0 saturated carbocycles. The Morgan fingerprint density at radius 2 is 1.89 bits per heavy atom. The van der Waals surface area contributed by atoms with Crippen molar-refractivity contribution in [1.29, 1.82) is 0 Å². The number of urea groups is 1. The van der Waals surface area contributed by atoms with E-state index in [9.17, 15) is 4.79 Å². The van der Waals surface area contributed by atoms with Gasteiger partial charge in [-0.05, 0) is 38.0 Å². The van der Waals surface area contributed by atoms with Gasteiger partial charge in [-0.15, -0.1) is 0 Å². The fourth-order valence-electron chi connectivity index (χ4n) is 4.17. The van der Waals surface area contributed by atoms with Gasteiger partial charge in [0, 0.05) is 37.2 Å². The van der Waals surface area contributed by atoms with Crippen molar-refractivity contribution >= 4 is 11.7 Å². The fourth-order valence-corrected chi connectivity index (χ4v) is 4.17. The average molecular weight is 367 g/mol. The molecule has 0 radical (unpaired) electrons. The second-order valence-corrected chi connectivity index (χ2v) is 7.03. The molecule has 3 heterocycles. The minimum Gasteiger partial charge on any atom is -0.492 e. The normalized spacial score (nSPS) is 23.7. The molecule has 2 atom stereocenters. The molecule has 2 saturated heterocycles. The topological polar surface area (TPSA) is 63.7 Å². The molecule has 27 heavy (non-hydrogen) atoms. The van der Waals surface area contributed by atoms with Crippen LogP contribution in [-0.2, 0) is 0 Å². The number of ether oxygens (including phenoxy) is 2. The quantitative estimate of drug-likeness (QED) is 0.865. The van der Waals surface area contributed by atoms with Gasteiger partial charge in [0.05, 0.1) is 12.3 Å². The SMILES string of the molecule is CCOc1ccccc1NC(=O)N1C2CCC1CC(Oc1ccccn1)C2. The number of benzene rings is 1. The van der Waals surface area contributed by atoms with Gasteiger partial charge in [-0.1, -0.05) is 18.2 Å². The number of para-hydroxylation sites is 2. The summed E-state index contributed by atoms with van der Waals surface area (Å²) >= 11 is 0. The minimum absolute atomic E-state index is 0.0501. The Morgan fingerprint density at radius 3 is 2.59 bits per heavy atom. The zero-order valence-corrected chi connectivity index (χ0v) is 15.5. The molecule has 4 rings (SSSR count). The Balaban J connectivity index is 1.41. The number of pyridine rings is 1. The number of aromatic nitrogens is 1. The summed E-state index contributed by atoms with van der Waals surface area (Å²) in [6.07, 6.45) is 5.57. The molecule has 6 nitrogen and oxygen atoms in total. The highest BCUT2D eigenvalue weighted by atomic mass is 16.5. The predicted octanol–water partition coefficient (Wildman–Crippen LogP) is 4.09. The van der Waals surface area contributed by atoms with Gasteiger partial charge in [0.25, 0.3) is 0 Å². The number of carbonyl (C=O) groups is 1. The smallest absolute Gasteiger partial charge is 0.322 e. The first kappa shape index (κ1) is 17.6. The molecule has 1 N–H and O–H groups in total. The number of piperidine rings is 1. The van der Waals surface area contributed by atoms with E-state index < -0.39 is 0 Å². The Kier molecular flexibility index (Phi) is 5.14. The molecule has 2 aliphatic rings. The van der Waals surface area contributed by atoms with Crippen molar-refractivity contribution in [2.45, 2.75) is 50.8 Å². The third kappa shape index (κ3) is 3.84. The Morgan fingerprint density at radius 1 is 1.15 bits per heavy atom. The van der Waals surface area contributed by atoms with Gasteiger partial charge in [0.2, 0.25) is 5.88 Å². The largest absolute Gasteiger partial charge is 0.492 e. The highest BCUT2D eigenvalue weighted by Gasteiger charge is 2.44. The van der Waals surface area contributed by atoms with Crippen molar-refractivity contribution in [1.82, 2.24) is 9.88 Å². The summed E-state index contributed by atoms with van der Waals surface area (Å²) in [5.74, 6) is 1.36. The fraction of sp³-hybridized carbons (Fsp3) is 0.429. The van der Waals surface area contributed by atoms with Gasteiger partial charge in [0.15, 0.2) is 0 Å². The number of nitrogens with zero attached hydrogens (tertiary/aromatic N) is 2. The molecular weight excluding hydrogens is 342 g/mol. The summed E-state index contributed by atoms with van der Waals surface area (Å²) < 4.78 is 11.7. The van der Waals surface area contributed by atoms with Crippen LogP contribution in [0.5, 0.6) is 11.6 Å². The van der Waals surface area contributed by atoms with E-state index in [4.69, 9.17) is 9.47 Å². The van der Waals surface area contributed by atoms with Crippen molar-refractivity contribution in [2.75, 3.05) is 11.9 Å². The van der Waals surface area contributed by atoms with Gasteiger partial charge in [0.1, 0.15) is 11.9 Å². The lowest BCUT2D eigenvalue weighted by atomic mass is 10.00. The van der Waals surface area contributed by atoms with Gasteiger partial charge in [-0.2, -0.15) is 0 Å². The molecule has 1 aromatic heterocycles. The molecule has 2 amide bonds. The lowest BCUT2D eigenvalue weighted by Gasteiger charge is -2.38. The van der Waals surface area contributed by atoms with Crippen LogP contribution in [0.25, 0.3) is 0 Å². The summed E-state index contributed by atoms with van der Waals surface area (Å²) in [5.41, 5.74) is 0.718. The molecule has 2 aromatic rings. The summed E-state index contributed by atoms with van der Waals surface area (Å²) in [6, 6.07) is 13.6. The number of carbonyl (C=O) groups excluding carboxylic acids is 1. The zero-order valence-electron chi connectivity index (χ0n) is 15.5. The maximum absolute atomic E-state index is 13.0. The van der Waals surface area contributed by atoms with Crippen molar-refractivity contribution in [3.05, 3.63) is 48.7 Å². The minimum atomic E-state index is -0.0501. The Bertz CT molecular complexity index is 769. The van der Waals surface area contributed by atoms with Crippen molar-refractivity contribution < 1.29 is 14.3 Å². The van der Waals surface area contributed by atoms with E-state index in [0.717, 1.165) is 31.4 Å². The van der Waals surface area contributed by atoms with Crippen LogP contribution in [0.4, 0.5) is 10.5 Å². The van der Waals surface area contributed by atoms with E-state index in [-0.39, 0.29) is 24.2 Å². The van der Waals surface area contributed by atoms with Crippen molar-refractivity contribution in [2.24, 2.45) is 0 Å². The Labute approximate surface area is 159 Å². The van der Waals surface area contributed by atoms with Gasteiger partial charge in [-0.25, -0.2) is 9.78 Å². The van der Waals surface area contributed by atoms with Gasteiger partial charge >= 0.3 is 6.03 Å². The second kappa shape index (κ2) is 7.86. The lowest BCUT2D eigenvalue weighted by molar-refractivity contribution is 0.0704. The van der Waals surface area contributed by atoms with Crippen LogP contribution in [0.15, 0.2) is 48.7 Å². The zero-order chi connectivity index (χ0) is 18.6. The molecule has 2 unspecified atom stereocenters. The number of hydrogen-bond acceptors (Lipinski definition) is 4. The van der Waals surface area contributed by atoms with Crippen molar-refractivity contribution in [3.63, 3.8) is 0 Å². The maximum Gasteiger partial charge on any atom is 0.322 e. The number of nitrogens with one attached hydrogen (secondary N) is 1. The van der Waals surface area contributed by atoms with Gasteiger partial charge in [-0.3, -0.25) is 0 Å². The number of fused-ring (bicyclic) bond motifs is 2. The summed E-state index contributed by atoms with van der Waals surface area (Å²) in [5, 5.41) is 3.04. The van der Waals surface area contributed by atoms with Crippen molar-refractivity contribution in [3.8, 4) is 11.6 Å². The highest BCUT2D eigenvalue weighted by molar-refractivity contribution is 5.91. The van der Waals surface area contributed by atoms with Crippen LogP contribution in [0, 0.1) is 0 Å². The van der Waals surface area contributed by atoms with Crippen LogP contribution in [0.2, 0.25) is 0 Å². The standard InChI is InChI=1S/C21H25N3O3/c1-2-26-19-8-4-3-7-18(19)23-21(25)24-15-10-11-16(24)14-17(13-15)27-20-9-5-6-12-22-20/h3-9,12,15-17H,2,10-11,13-14H2,1H3,(H,23,25). The third-order valence-corrected chi connectivity index (χ3v) is 5.28. The first-order valence-corrected chi connectivity index (χ1v) is 9.63. The Hall–Kier alpha value is -2.76. The van der Waals surface area contributed by atoms with E-state index in [2.05, 4.69) is 10.3 Å². The lowest BCUT2D eigenvalue weighted by Crippen LogP contribution is -2.50. The molecule has 2 fully saturated rings. The maximum atomic E-state index is 13.0. The number of hydrogen-bond donors (Lipinski definition) is 1. The van der Waals surface area contributed by atoms with E-state index >= 15 is 0 Å². The predicted molar refractivity (Wildman–Crippen MR) is 103 cm³/mol. The molecule has 0 aliphatic carbocycles. The summed E-state index contributed by atoms with van der Waals surface area (Å²) in [7, 11) is 0. The van der Waals surface area contributed by atoms with Crippen LogP contribution < -0.4 is 14.8 Å². The van der Waals surface area contributed by atoms with Gasteiger partial charge < -0.3 is 19.7 Å². The highest BCUT2D eigenvalue weighted by Crippen LogP contribution is 2.38. The van der Waals surface area contributed by atoms with Crippen LogP contribution in [-0.4, -0.2) is 40.7 Å². The third-order valence-electron chi connectivity index (χ3n) is 5.28. The monoisotopic (exact) mass is 367 g/mol. The molecular formula is C21H25N3O3. The molecule has 2 bridgehead atoms. The molecule has 0 spiro atoms. The van der Waals surface area contributed by atoms with E-state index in [1.807, 2.05) is 54.3 Å². The molecule has 142 valence electrons. The number of anilines is 1. The molecule has 2 aliphatic heterocycles. The van der Waals surface area contributed by atoms with E-state index in [1.165, 1.54) is 0 Å².